The molecule has 0 bridgehead atoms. The van der Waals surface area contributed by atoms with Crippen molar-refractivity contribution in [1.29, 1.82) is 0 Å². The number of hydrogen-bond donors (Lipinski definition) is 4. The number of aliphatic carboxylic acids is 1. The van der Waals surface area contributed by atoms with Crippen LogP contribution < -0.4 is 11.1 Å². The highest BCUT2D eigenvalue weighted by molar-refractivity contribution is 6.03. The number of carboxylic acid groups (broad SMARTS) is 1. The number of amides is 1. The Hall–Kier alpha value is -2.50. The van der Waals surface area contributed by atoms with Crippen LogP contribution in [0, 0.1) is 0 Å². The first kappa shape index (κ1) is 11.6. The Morgan fingerprint density at radius 1 is 1.19 bits per heavy atom. The van der Waals surface area contributed by atoms with E-state index in [-0.39, 0.29) is 0 Å². The van der Waals surface area contributed by atoms with Crippen LogP contribution in [0.5, 0.6) is 0 Å². The molecule has 1 aromatic carbocycles. The highest BCUT2D eigenvalue weighted by Crippen LogP contribution is 2.10. The molecule has 6 heteroatoms. The number of nitrogens with two attached hydrogens (primary N) is 1. The van der Waals surface area contributed by atoms with Crippen molar-refractivity contribution < 1.29 is 19.8 Å². The predicted molar refractivity (Wildman–Crippen MR) is 57.8 cm³/mol. The minimum Gasteiger partial charge on any atom is -0.502 e. The lowest BCUT2D eigenvalue weighted by Gasteiger charge is -2.02. The van der Waals surface area contributed by atoms with E-state index >= 15 is 0 Å². The van der Waals surface area contributed by atoms with Crippen LogP contribution in [0.3, 0.4) is 0 Å². The number of nitrogens with one attached hydrogen (secondary N) is 1. The van der Waals surface area contributed by atoms with Gasteiger partial charge in [-0.25, -0.2) is 4.79 Å². The number of carbonyl (C=O) groups excluding carboxylic acids is 1. The Morgan fingerprint density at radius 2 is 1.75 bits per heavy atom. The van der Waals surface area contributed by atoms with Gasteiger partial charge in [0.2, 0.25) is 5.76 Å². The maximum Gasteiger partial charge on any atom is 0.371 e. The van der Waals surface area contributed by atoms with Crippen LogP contribution in [0.4, 0.5) is 11.4 Å². The van der Waals surface area contributed by atoms with Crippen LogP contribution in [0.25, 0.3) is 0 Å². The molecule has 1 rings (SSSR count). The van der Waals surface area contributed by atoms with Gasteiger partial charge in [-0.15, -0.1) is 0 Å². The number of aliphatic hydroxyl groups is 1. The topological polar surface area (TPSA) is 113 Å². The summed E-state index contributed by atoms with van der Waals surface area (Å²) in [6.07, 6.45) is 0.582. The molecule has 0 unspecified atom stereocenters. The van der Waals surface area contributed by atoms with Crippen molar-refractivity contribution in [2.45, 2.75) is 0 Å². The van der Waals surface area contributed by atoms with Gasteiger partial charge in [0.05, 0.1) is 6.08 Å². The minimum atomic E-state index is -1.56. The monoisotopic (exact) mass is 222 g/mol. The normalized spacial score (nSPS) is 10.9. The van der Waals surface area contributed by atoms with Gasteiger partial charge in [0.25, 0.3) is 5.91 Å². The van der Waals surface area contributed by atoms with Crippen LogP contribution in [0.2, 0.25) is 0 Å². The number of nitrogen functional groups attached to an aromatic ring is 1. The van der Waals surface area contributed by atoms with Crippen molar-refractivity contribution in [3.8, 4) is 0 Å². The van der Waals surface area contributed by atoms with Gasteiger partial charge in [-0.1, -0.05) is 0 Å². The second-order valence-electron chi connectivity index (χ2n) is 2.95. The summed E-state index contributed by atoms with van der Waals surface area (Å²) in [6, 6.07) is 6.27. The predicted octanol–water partition coefficient (Wildman–Crippen LogP) is 0.734. The van der Waals surface area contributed by atoms with Crippen molar-refractivity contribution in [3.05, 3.63) is 36.1 Å². The molecule has 1 amide bonds. The van der Waals surface area contributed by atoms with Crippen molar-refractivity contribution >= 4 is 23.3 Å². The number of carboxylic acids is 1. The summed E-state index contributed by atoms with van der Waals surface area (Å²) in [4.78, 5) is 21.4. The van der Waals surface area contributed by atoms with Crippen molar-refractivity contribution in [2.75, 3.05) is 11.1 Å². The Kier molecular flexibility index (Phi) is 3.49. The van der Waals surface area contributed by atoms with E-state index in [1.807, 2.05) is 0 Å². The summed E-state index contributed by atoms with van der Waals surface area (Å²) < 4.78 is 0. The van der Waals surface area contributed by atoms with Crippen molar-refractivity contribution in [2.24, 2.45) is 0 Å². The Bertz CT molecular complexity index is 437. The van der Waals surface area contributed by atoms with Crippen LogP contribution in [-0.2, 0) is 9.59 Å². The number of aliphatic hydroxyl groups excluding tert-OH is 1. The SMILES string of the molecule is Nc1ccc(NC(=O)/C=C(/O)C(=O)O)cc1. The summed E-state index contributed by atoms with van der Waals surface area (Å²) in [7, 11) is 0. The molecule has 0 aromatic heterocycles. The minimum absolute atomic E-state index is 0.452. The lowest BCUT2D eigenvalue weighted by atomic mass is 10.3. The first-order chi connectivity index (χ1) is 7.49. The average molecular weight is 222 g/mol. The fourth-order valence-electron chi connectivity index (χ4n) is 0.931. The van der Waals surface area contributed by atoms with Gasteiger partial charge in [0.15, 0.2) is 0 Å². The van der Waals surface area contributed by atoms with Gasteiger partial charge in [-0.3, -0.25) is 4.79 Å². The third-order valence-corrected chi connectivity index (χ3v) is 1.67. The van der Waals surface area contributed by atoms with Crippen LogP contribution in [0.15, 0.2) is 36.1 Å². The first-order valence-electron chi connectivity index (χ1n) is 4.29. The van der Waals surface area contributed by atoms with Crippen LogP contribution >= 0.6 is 0 Å². The molecule has 0 aliphatic rings. The van der Waals surface area contributed by atoms with Crippen molar-refractivity contribution in [3.63, 3.8) is 0 Å². The fourth-order valence-corrected chi connectivity index (χ4v) is 0.931. The highest BCUT2D eigenvalue weighted by Gasteiger charge is 2.07. The van der Waals surface area contributed by atoms with E-state index in [0.29, 0.717) is 17.5 Å². The average Bonchev–Trinajstić information content (AvgIpc) is 2.21. The van der Waals surface area contributed by atoms with Gasteiger partial charge in [0, 0.05) is 11.4 Å². The van der Waals surface area contributed by atoms with Crippen LogP contribution in [-0.4, -0.2) is 22.1 Å². The molecular weight excluding hydrogens is 212 g/mol. The summed E-state index contributed by atoms with van der Waals surface area (Å²) in [5.74, 6) is -3.31. The van der Waals surface area contributed by atoms with E-state index in [9.17, 15) is 9.59 Å². The third-order valence-electron chi connectivity index (χ3n) is 1.67. The molecule has 0 spiro atoms. The van der Waals surface area contributed by atoms with Gasteiger partial charge in [-0.05, 0) is 24.3 Å². The van der Waals surface area contributed by atoms with Gasteiger partial charge < -0.3 is 21.3 Å². The van der Waals surface area contributed by atoms with E-state index < -0.39 is 17.6 Å². The smallest absolute Gasteiger partial charge is 0.371 e. The molecule has 0 heterocycles. The van der Waals surface area contributed by atoms with Crippen LogP contribution in [0.1, 0.15) is 0 Å². The molecule has 0 saturated carbocycles. The summed E-state index contributed by atoms with van der Waals surface area (Å²) in [5.41, 5.74) is 6.43. The van der Waals surface area contributed by atoms with Gasteiger partial charge >= 0.3 is 5.97 Å². The zero-order valence-corrected chi connectivity index (χ0v) is 8.18. The molecule has 0 saturated heterocycles. The van der Waals surface area contributed by atoms with Gasteiger partial charge in [-0.2, -0.15) is 0 Å². The number of rotatable bonds is 3. The van der Waals surface area contributed by atoms with Gasteiger partial charge in [0.1, 0.15) is 0 Å². The van der Waals surface area contributed by atoms with E-state index in [2.05, 4.69) is 5.32 Å². The third kappa shape index (κ3) is 3.33. The molecule has 0 atom stereocenters. The molecule has 0 aliphatic heterocycles. The lowest BCUT2D eigenvalue weighted by molar-refractivity contribution is -0.135. The molecule has 84 valence electrons. The lowest BCUT2D eigenvalue weighted by Crippen LogP contribution is -2.11. The standard InChI is InChI=1S/C10H10N2O4/c11-6-1-3-7(4-2-6)12-9(14)5-8(13)10(15)16/h1-5,13H,11H2,(H,12,14)(H,15,16)/b8-5+. The number of carbonyl (C=O) groups is 2. The molecule has 0 aliphatic carbocycles. The zero-order chi connectivity index (χ0) is 12.1. The number of hydrogen-bond acceptors (Lipinski definition) is 4. The Balaban J connectivity index is 2.68. The molecule has 0 fully saturated rings. The first-order valence-corrected chi connectivity index (χ1v) is 4.29. The fraction of sp³-hybridized carbons (Fsp3) is 0. The summed E-state index contributed by atoms with van der Waals surface area (Å²) >= 11 is 0. The molecule has 1 aromatic rings. The zero-order valence-electron chi connectivity index (χ0n) is 8.18. The molecular formula is C10H10N2O4. The maximum absolute atomic E-state index is 11.2. The van der Waals surface area contributed by atoms with E-state index in [0.717, 1.165) is 0 Å². The van der Waals surface area contributed by atoms with Crippen molar-refractivity contribution in [1.82, 2.24) is 0 Å². The molecule has 5 N–H and O–H groups in total. The van der Waals surface area contributed by atoms with E-state index in [1.165, 1.54) is 0 Å². The molecule has 0 radical (unpaired) electrons. The highest BCUT2D eigenvalue weighted by atomic mass is 16.4. The summed E-state index contributed by atoms with van der Waals surface area (Å²) in [6.45, 7) is 0. The second kappa shape index (κ2) is 4.83. The number of anilines is 2. The number of benzene rings is 1. The van der Waals surface area contributed by atoms with E-state index in [4.69, 9.17) is 15.9 Å². The molecule has 16 heavy (non-hydrogen) atoms. The quantitative estimate of drug-likeness (QED) is 0.342. The maximum atomic E-state index is 11.2. The second-order valence-corrected chi connectivity index (χ2v) is 2.95. The van der Waals surface area contributed by atoms with E-state index in [1.54, 1.807) is 24.3 Å². The summed E-state index contributed by atoms with van der Waals surface area (Å²) in [5, 5.41) is 19.5. The molecule has 6 nitrogen and oxygen atoms in total. The largest absolute Gasteiger partial charge is 0.502 e. The Morgan fingerprint density at radius 3 is 2.25 bits per heavy atom. The Labute approximate surface area is 91.0 Å².